The molecule has 3 rings (SSSR count). The van der Waals surface area contributed by atoms with E-state index in [1.54, 1.807) is 0 Å². The lowest BCUT2D eigenvalue weighted by molar-refractivity contribution is -0.117. The Morgan fingerprint density at radius 3 is 3.00 bits per heavy atom. The molecule has 0 aromatic heterocycles. The fourth-order valence-electron chi connectivity index (χ4n) is 2.26. The number of amides is 1. The molecule has 1 saturated heterocycles. The van der Waals surface area contributed by atoms with Crippen molar-refractivity contribution in [2.45, 2.75) is 19.3 Å². The van der Waals surface area contributed by atoms with Gasteiger partial charge in [0.1, 0.15) is 5.75 Å². The van der Waals surface area contributed by atoms with Gasteiger partial charge in [0.25, 0.3) is 0 Å². The number of ether oxygens (including phenoxy) is 1. The van der Waals surface area contributed by atoms with Crippen LogP contribution in [0.1, 0.15) is 18.4 Å². The first-order valence-electron chi connectivity index (χ1n) is 5.41. The summed E-state index contributed by atoms with van der Waals surface area (Å²) >= 11 is 0. The fraction of sp³-hybridized carbons (Fsp3) is 0.417. The van der Waals surface area contributed by atoms with Gasteiger partial charge in [-0.1, -0.05) is 0 Å². The van der Waals surface area contributed by atoms with Gasteiger partial charge in [0.2, 0.25) is 5.91 Å². The zero-order chi connectivity index (χ0) is 10.3. The van der Waals surface area contributed by atoms with E-state index < -0.39 is 0 Å². The lowest BCUT2D eigenvalue weighted by atomic mass is 10.1. The minimum absolute atomic E-state index is 0.244. The maximum Gasteiger partial charge on any atom is 0.227 e. The second-order valence-corrected chi connectivity index (χ2v) is 4.04. The summed E-state index contributed by atoms with van der Waals surface area (Å²) in [4.78, 5) is 13.4. The first-order chi connectivity index (χ1) is 7.34. The summed E-state index contributed by atoms with van der Waals surface area (Å²) in [7, 11) is 0. The molecule has 2 aliphatic rings. The molecule has 1 aromatic rings. The van der Waals surface area contributed by atoms with Crippen LogP contribution in [0.3, 0.4) is 0 Å². The van der Waals surface area contributed by atoms with E-state index in [1.807, 2.05) is 17.0 Å². The molecule has 0 unspecified atom stereocenters. The summed E-state index contributed by atoms with van der Waals surface area (Å²) in [6, 6.07) is 6.04. The highest BCUT2D eigenvalue weighted by Crippen LogP contribution is 2.31. The Bertz CT molecular complexity index is 414. The van der Waals surface area contributed by atoms with E-state index >= 15 is 0 Å². The molecule has 1 fully saturated rings. The van der Waals surface area contributed by atoms with E-state index in [2.05, 4.69) is 6.07 Å². The van der Waals surface area contributed by atoms with Crippen LogP contribution in [-0.2, 0) is 11.2 Å². The molecular weight excluding hydrogens is 190 g/mol. The van der Waals surface area contributed by atoms with Gasteiger partial charge in [-0.3, -0.25) is 4.79 Å². The van der Waals surface area contributed by atoms with Crippen molar-refractivity contribution < 1.29 is 9.53 Å². The van der Waals surface area contributed by atoms with E-state index in [0.717, 1.165) is 37.4 Å². The maximum absolute atomic E-state index is 11.6. The zero-order valence-electron chi connectivity index (χ0n) is 8.53. The largest absolute Gasteiger partial charge is 0.493 e. The summed E-state index contributed by atoms with van der Waals surface area (Å²) in [6.45, 7) is 1.63. The van der Waals surface area contributed by atoms with Crippen molar-refractivity contribution >= 4 is 11.6 Å². The van der Waals surface area contributed by atoms with Gasteiger partial charge in [0.05, 0.1) is 6.61 Å². The van der Waals surface area contributed by atoms with E-state index in [9.17, 15) is 4.79 Å². The number of carbonyl (C=O) groups is 1. The minimum Gasteiger partial charge on any atom is -0.493 e. The number of nitrogens with zero attached hydrogens (tertiary/aromatic N) is 1. The number of rotatable bonds is 1. The first-order valence-corrected chi connectivity index (χ1v) is 5.41. The van der Waals surface area contributed by atoms with Crippen molar-refractivity contribution in [2.24, 2.45) is 0 Å². The standard InChI is InChI=1S/C12H13NO2/c14-12-2-1-6-13(12)10-3-4-11-9(8-10)5-7-15-11/h3-4,8H,1-2,5-7H2. The van der Waals surface area contributed by atoms with Crippen molar-refractivity contribution in [1.82, 2.24) is 0 Å². The second kappa shape index (κ2) is 3.26. The van der Waals surface area contributed by atoms with Gasteiger partial charge in [-0.15, -0.1) is 0 Å². The Kier molecular flexibility index (Phi) is 1.91. The number of hydrogen-bond acceptors (Lipinski definition) is 2. The summed E-state index contributed by atoms with van der Waals surface area (Å²) in [5.41, 5.74) is 2.26. The lowest BCUT2D eigenvalue weighted by Gasteiger charge is -2.16. The highest BCUT2D eigenvalue weighted by molar-refractivity contribution is 5.95. The molecule has 0 atom stereocenters. The molecular formula is C12H13NO2. The molecule has 0 saturated carbocycles. The molecule has 0 spiro atoms. The van der Waals surface area contributed by atoms with Gasteiger partial charge < -0.3 is 9.64 Å². The van der Waals surface area contributed by atoms with Gasteiger partial charge in [0, 0.05) is 25.1 Å². The van der Waals surface area contributed by atoms with Gasteiger partial charge in [-0.2, -0.15) is 0 Å². The summed E-state index contributed by atoms with van der Waals surface area (Å²) < 4.78 is 5.44. The monoisotopic (exact) mass is 203 g/mol. The Morgan fingerprint density at radius 1 is 1.27 bits per heavy atom. The van der Waals surface area contributed by atoms with E-state index in [-0.39, 0.29) is 5.91 Å². The highest BCUT2D eigenvalue weighted by Gasteiger charge is 2.23. The number of fused-ring (bicyclic) bond motifs is 1. The van der Waals surface area contributed by atoms with E-state index in [0.29, 0.717) is 6.42 Å². The molecule has 2 aliphatic heterocycles. The normalized spacial score (nSPS) is 19.2. The topological polar surface area (TPSA) is 29.5 Å². The van der Waals surface area contributed by atoms with Gasteiger partial charge >= 0.3 is 0 Å². The van der Waals surface area contributed by atoms with Crippen molar-refractivity contribution in [2.75, 3.05) is 18.1 Å². The molecule has 0 radical (unpaired) electrons. The Balaban J connectivity index is 1.95. The molecule has 0 aliphatic carbocycles. The quantitative estimate of drug-likeness (QED) is 0.696. The molecule has 3 heteroatoms. The van der Waals surface area contributed by atoms with Crippen LogP contribution in [0.25, 0.3) is 0 Å². The lowest BCUT2D eigenvalue weighted by Crippen LogP contribution is -2.23. The van der Waals surface area contributed by atoms with Crippen LogP contribution in [-0.4, -0.2) is 19.1 Å². The predicted molar refractivity (Wildman–Crippen MR) is 57.2 cm³/mol. The van der Waals surface area contributed by atoms with Crippen LogP contribution in [0.2, 0.25) is 0 Å². The summed E-state index contributed by atoms with van der Waals surface area (Å²) in [5.74, 6) is 1.22. The van der Waals surface area contributed by atoms with Crippen LogP contribution in [0.15, 0.2) is 18.2 Å². The molecule has 0 N–H and O–H groups in total. The summed E-state index contributed by atoms with van der Waals surface area (Å²) in [5, 5.41) is 0. The first kappa shape index (κ1) is 8.77. The molecule has 1 aromatic carbocycles. The van der Waals surface area contributed by atoms with Crippen molar-refractivity contribution in [1.29, 1.82) is 0 Å². The highest BCUT2D eigenvalue weighted by atomic mass is 16.5. The van der Waals surface area contributed by atoms with Crippen LogP contribution in [0.4, 0.5) is 5.69 Å². The predicted octanol–water partition coefficient (Wildman–Crippen LogP) is 1.75. The summed E-state index contributed by atoms with van der Waals surface area (Å²) in [6.07, 6.45) is 2.63. The Hall–Kier alpha value is -1.51. The molecule has 78 valence electrons. The van der Waals surface area contributed by atoms with Crippen LogP contribution in [0.5, 0.6) is 5.75 Å². The SMILES string of the molecule is O=C1CCCN1c1ccc2c(c1)CCO2. The maximum atomic E-state index is 11.6. The average molecular weight is 203 g/mol. The van der Waals surface area contributed by atoms with Crippen molar-refractivity contribution in [3.05, 3.63) is 23.8 Å². The van der Waals surface area contributed by atoms with E-state index in [1.165, 1.54) is 5.56 Å². The Morgan fingerprint density at radius 2 is 2.20 bits per heavy atom. The van der Waals surface area contributed by atoms with Gasteiger partial charge in [0.15, 0.2) is 0 Å². The molecule has 1 amide bonds. The van der Waals surface area contributed by atoms with Crippen LogP contribution >= 0.6 is 0 Å². The molecule has 15 heavy (non-hydrogen) atoms. The smallest absolute Gasteiger partial charge is 0.227 e. The fourth-order valence-corrected chi connectivity index (χ4v) is 2.26. The average Bonchev–Trinajstić information content (AvgIpc) is 2.84. The second-order valence-electron chi connectivity index (χ2n) is 4.04. The zero-order valence-corrected chi connectivity index (χ0v) is 8.53. The number of carbonyl (C=O) groups excluding carboxylic acids is 1. The third-order valence-electron chi connectivity index (χ3n) is 3.06. The van der Waals surface area contributed by atoms with Gasteiger partial charge in [-0.05, 0) is 30.2 Å². The van der Waals surface area contributed by atoms with Crippen LogP contribution < -0.4 is 9.64 Å². The third-order valence-corrected chi connectivity index (χ3v) is 3.06. The number of hydrogen-bond donors (Lipinski definition) is 0. The van der Waals surface area contributed by atoms with E-state index in [4.69, 9.17) is 4.74 Å². The third kappa shape index (κ3) is 1.39. The number of anilines is 1. The van der Waals surface area contributed by atoms with Crippen molar-refractivity contribution in [3.8, 4) is 5.75 Å². The van der Waals surface area contributed by atoms with Crippen LogP contribution in [0, 0.1) is 0 Å². The number of benzene rings is 1. The molecule has 3 nitrogen and oxygen atoms in total. The van der Waals surface area contributed by atoms with Crippen molar-refractivity contribution in [3.63, 3.8) is 0 Å². The molecule has 0 bridgehead atoms. The minimum atomic E-state index is 0.244. The molecule has 2 heterocycles. The van der Waals surface area contributed by atoms with Gasteiger partial charge in [-0.25, -0.2) is 0 Å². The Labute approximate surface area is 88.6 Å².